The molecule has 3 aliphatic rings. The Hall–Kier alpha value is -1.99. The number of hydrazine groups is 1. The lowest BCUT2D eigenvalue weighted by Gasteiger charge is -2.38. The molecule has 2 aliphatic heterocycles. The van der Waals surface area contributed by atoms with Crippen LogP contribution in [0, 0.1) is 5.92 Å². The van der Waals surface area contributed by atoms with Gasteiger partial charge in [0, 0.05) is 50.5 Å². The van der Waals surface area contributed by atoms with Gasteiger partial charge >= 0.3 is 0 Å². The summed E-state index contributed by atoms with van der Waals surface area (Å²) in [6.07, 6.45) is 7.53. The van der Waals surface area contributed by atoms with E-state index in [1.807, 2.05) is 28.1 Å². The predicted molar refractivity (Wildman–Crippen MR) is 92.2 cm³/mol. The highest BCUT2D eigenvalue weighted by Crippen LogP contribution is 2.29. The topological polar surface area (TPSA) is 77.6 Å². The van der Waals surface area contributed by atoms with E-state index < -0.39 is 0 Å². The minimum Gasteiger partial charge on any atom is -0.339 e. The van der Waals surface area contributed by atoms with Crippen LogP contribution in [0.15, 0.2) is 24.5 Å². The van der Waals surface area contributed by atoms with Gasteiger partial charge in [-0.05, 0) is 30.9 Å². The predicted octanol–water partition coefficient (Wildman–Crippen LogP) is 0.460. The highest BCUT2D eigenvalue weighted by molar-refractivity contribution is 5.83. The molecule has 2 amide bonds. The van der Waals surface area contributed by atoms with E-state index in [1.165, 1.54) is 6.42 Å². The van der Waals surface area contributed by atoms with Crippen LogP contribution in [0.2, 0.25) is 0 Å². The Morgan fingerprint density at radius 1 is 1.04 bits per heavy atom. The van der Waals surface area contributed by atoms with Crippen molar-refractivity contribution >= 4 is 11.8 Å². The summed E-state index contributed by atoms with van der Waals surface area (Å²) in [6.45, 7) is 2.58. The number of aromatic nitrogens is 1. The molecule has 7 heteroatoms. The summed E-state index contributed by atoms with van der Waals surface area (Å²) >= 11 is 0. The van der Waals surface area contributed by atoms with Crippen LogP contribution in [0.1, 0.15) is 37.3 Å². The lowest BCUT2D eigenvalue weighted by atomic mass is 9.84. The minimum absolute atomic E-state index is 0.101. The van der Waals surface area contributed by atoms with Crippen LogP contribution in [0.3, 0.4) is 0 Å². The first-order chi connectivity index (χ1) is 12.2. The molecule has 25 heavy (non-hydrogen) atoms. The first kappa shape index (κ1) is 16.5. The fourth-order valence-corrected chi connectivity index (χ4v) is 3.80. The highest BCUT2D eigenvalue weighted by Gasteiger charge is 2.36. The summed E-state index contributed by atoms with van der Waals surface area (Å²) in [7, 11) is 0. The Morgan fingerprint density at radius 3 is 2.36 bits per heavy atom. The van der Waals surface area contributed by atoms with Gasteiger partial charge in [0.05, 0.1) is 0 Å². The van der Waals surface area contributed by atoms with Crippen molar-refractivity contribution in [1.29, 1.82) is 0 Å². The molecule has 0 radical (unpaired) electrons. The Morgan fingerprint density at radius 2 is 1.76 bits per heavy atom. The zero-order chi connectivity index (χ0) is 17.2. The van der Waals surface area contributed by atoms with E-state index in [4.69, 9.17) is 0 Å². The maximum absolute atomic E-state index is 12.8. The van der Waals surface area contributed by atoms with Crippen molar-refractivity contribution < 1.29 is 9.59 Å². The van der Waals surface area contributed by atoms with Gasteiger partial charge in [0.1, 0.15) is 6.04 Å². The third-order valence-electron chi connectivity index (χ3n) is 5.65. The summed E-state index contributed by atoms with van der Waals surface area (Å²) in [5.74, 6) is 0.647. The number of hydrogen-bond donors (Lipinski definition) is 2. The number of pyridine rings is 1. The maximum atomic E-state index is 12.8. The summed E-state index contributed by atoms with van der Waals surface area (Å²) in [6, 6.07) is 3.80. The first-order valence-electron chi connectivity index (χ1n) is 9.21. The van der Waals surface area contributed by atoms with E-state index in [9.17, 15) is 9.59 Å². The lowest BCUT2D eigenvalue weighted by Crippen LogP contribution is -2.55. The molecular formula is C18H25N5O2. The number of piperazine rings is 1. The molecule has 2 unspecified atom stereocenters. The van der Waals surface area contributed by atoms with E-state index >= 15 is 0 Å². The Labute approximate surface area is 147 Å². The second kappa shape index (κ2) is 7.09. The van der Waals surface area contributed by atoms with Crippen LogP contribution in [0.4, 0.5) is 0 Å². The van der Waals surface area contributed by atoms with E-state index in [0.717, 1.165) is 18.4 Å². The van der Waals surface area contributed by atoms with Crippen molar-refractivity contribution in [2.24, 2.45) is 5.92 Å². The Balaban J connectivity index is 1.28. The molecule has 1 saturated carbocycles. The molecule has 0 bridgehead atoms. The molecular weight excluding hydrogens is 318 g/mol. The molecule has 7 nitrogen and oxygen atoms in total. The van der Waals surface area contributed by atoms with Gasteiger partial charge in [-0.2, -0.15) is 0 Å². The first-order valence-corrected chi connectivity index (χ1v) is 9.21. The van der Waals surface area contributed by atoms with Crippen molar-refractivity contribution in [3.63, 3.8) is 0 Å². The van der Waals surface area contributed by atoms with Crippen LogP contribution in [-0.2, 0) is 9.59 Å². The van der Waals surface area contributed by atoms with E-state index in [2.05, 4.69) is 15.8 Å². The highest BCUT2D eigenvalue weighted by atomic mass is 16.2. The van der Waals surface area contributed by atoms with E-state index in [-0.39, 0.29) is 29.8 Å². The summed E-state index contributed by atoms with van der Waals surface area (Å²) in [4.78, 5) is 33.0. The second-order valence-electron chi connectivity index (χ2n) is 7.19. The molecule has 2 atom stereocenters. The van der Waals surface area contributed by atoms with Gasteiger partial charge in [-0.25, -0.2) is 10.9 Å². The van der Waals surface area contributed by atoms with Crippen molar-refractivity contribution in [2.45, 2.75) is 37.8 Å². The minimum atomic E-state index is -0.223. The van der Waals surface area contributed by atoms with Crippen LogP contribution in [0.5, 0.6) is 0 Å². The zero-order valence-corrected chi connectivity index (χ0v) is 14.4. The monoisotopic (exact) mass is 343 g/mol. The molecule has 3 fully saturated rings. The van der Waals surface area contributed by atoms with Crippen LogP contribution < -0.4 is 10.9 Å². The van der Waals surface area contributed by atoms with Gasteiger partial charge in [-0.1, -0.05) is 12.5 Å². The van der Waals surface area contributed by atoms with Gasteiger partial charge in [0.2, 0.25) is 11.8 Å². The van der Waals surface area contributed by atoms with Gasteiger partial charge in [-0.3, -0.25) is 14.6 Å². The molecule has 2 saturated heterocycles. The SMILES string of the molecule is O=C(C1CCC1)N1CCN(C(=O)C2CC(c3cccnc3)NN2)CC1. The Bertz CT molecular complexity index is 626. The molecule has 0 aromatic carbocycles. The van der Waals surface area contributed by atoms with Crippen molar-refractivity contribution in [3.8, 4) is 0 Å². The van der Waals surface area contributed by atoms with E-state index in [0.29, 0.717) is 32.6 Å². The van der Waals surface area contributed by atoms with Crippen molar-refractivity contribution in [2.75, 3.05) is 26.2 Å². The average Bonchev–Trinajstić information content (AvgIpc) is 3.10. The number of hydrogen-bond acceptors (Lipinski definition) is 5. The third kappa shape index (κ3) is 3.39. The second-order valence-corrected chi connectivity index (χ2v) is 7.19. The van der Waals surface area contributed by atoms with Crippen molar-refractivity contribution in [1.82, 2.24) is 25.6 Å². The average molecular weight is 343 g/mol. The fraction of sp³-hybridized carbons (Fsp3) is 0.611. The summed E-state index contributed by atoms with van der Waals surface area (Å²) < 4.78 is 0. The number of carbonyl (C=O) groups excluding carboxylic acids is 2. The molecule has 3 heterocycles. The zero-order valence-electron chi connectivity index (χ0n) is 14.4. The molecule has 1 aromatic rings. The number of carbonyl (C=O) groups is 2. The molecule has 1 aromatic heterocycles. The fourth-order valence-electron chi connectivity index (χ4n) is 3.80. The molecule has 0 spiro atoms. The summed E-state index contributed by atoms with van der Waals surface area (Å²) in [5, 5.41) is 0. The number of rotatable bonds is 3. The Kier molecular flexibility index (Phi) is 4.67. The third-order valence-corrected chi connectivity index (χ3v) is 5.65. The normalized spacial score (nSPS) is 27.2. The van der Waals surface area contributed by atoms with E-state index in [1.54, 1.807) is 6.20 Å². The lowest BCUT2D eigenvalue weighted by molar-refractivity contribution is -0.144. The van der Waals surface area contributed by atoms with Gasteiger partial charge in [0.15, 0.2) is 0 Å². The van der Waals surface area contributed by atoms with Gasteiger partial charge < -0.3 is 9.80 Å². The van der Waals surface area contributed by atoms with Crippen molar-refractivity contribution in [3.05, 3.63) is 30.1 Å². The van der Waals surface area contributed by atoms with Crippen LogP contribution >= 0.6 is 0 Å². The van der Waals surface area contributed by atoms with Crippen LogP contribution in [0.25, 0.3) is 0 Å². The number of nitrogens with zero attached hydrogens (tertiary/aromatic N) is 3. The molecule has 134 valence electrons. The quantitative estimate of drug-likeness (QED) is 0.834. The smallest absolute Gasteiger partial charge is 0.241 e. The largest absolute Gasteiger partial charge is 0.339 e. The molecule has 4 rings (SSSR count). The van der Waals surface area contributed by atoms with Crippen LogP contribution in [-0.4, -0.2) is 58.8 Å². The number of amides is 2. The van der Waals surface area contributed by atoms with Gasteiger partial charge in [0.25, 0.3) is 0 Å². The van der Waals surface area contributed by atoms with Gasteiger partial charge in [-0.15, -0.1) is 0 Å². The molecule has 2 N–H and O–H groups in total. The summed E-state index contributed by atoms with van der Waals surface area (Å²) in [5.41, 5.74) is 7.41. The number of nitrogens with one attached hydrogen (secondary N) is 2. The molecule has 1 aliphatic carbocycles. The maximum Gasteiger partial charge on any atom is 0.241 e. The standard InChI is InChI=1S/C18H25N5O2/c24-17(13-3-1-4-13)22-7-9-23(10-8-22)18(25)16-11-15(20-21-16)14-5-2-6-19-12-14/h2,5-6,12-13,15-16,20-21H,1,3-4,7-11H2.